The van der Waals surface area contributed by atoms with Crippen LogP contribution in [-0.4, -0.2) is 25.7 Å². The average Bonchev–Trinajstić information content (AvgIpc) is 3.37. The van der Waals surface area contributed by atoms with Crippen molar-refractivity contribution in [3.63, 3.8) is 0 Å². The van der Waals surface area contributed by atoms with Gasteiger partial charge in [-0.3, -0.25) is 13.9 Å². The number of benzene rings is 2. The molecule has 2 aromatic carbocycles. The summed E-state index contributed by atoms with van der Waals surface area (Å²) in [6.45, 7) is 0.399. The van der Waals surface area contributed by atoms with Gasteiger partial charge in [0.05, 0.1) is 16.1 Å². The average molecular weight is 438 g/mol. The molecule has 1 aliphatic carbocycles. The number of amides is 1. The molecule has 9 heteroatoms. The summed E-state index contributed by atoms with van der Waals surface area (Å²) in [4.78, 5) is 23.9. The SMILES string of the molecule is Cn1c(-c2c(Cl)c3ccccc3n2-c2ccc(CNC(=O)C3(N)CC3)cc2)noc1=O. The van der Waals surface area contributed by atoms with Crippen LogP contribution < -0.4 is 16.8 Å². The molecule has 0 bridgehead atoms. The molecule has 2 heterocycles. The van der Waals surface area contributed by atoms with Gasteiger partial charge in [-0.2, -0.15) is 0 Å². The van der Waals surface area contributed by atoms with E-state index in [9.17, 15) is 9.59 Å². The Labute approximate surface area is 182 Å². The van der Waals surface area contributed by atoms with Crippen LogP contribution in [0.2, 0.25) is 5.02 Å². The fraction of sp³-hybridized carbons (Fsp3) is 0.227. The second-order valence-corrected chi connectivity index (χ2v) is 8.23. The van der Waals surface area contributed by atoms with Gasteiger partial charge in [0.25, 0.3) is 0 Å². The van der Waals surface area contributed by atoms with E-state index >= 15 is 0 Å². The molecule has 1 fully saturated rings. The number of halogens is 1. The van der Waals surface area contributed by atoms with Crippen molar-refractivity contribution in [3.05, 3.63) is 69.7 Å². The van der Waals surface area contributed by atoms with E-state index in [1.54, 1.807) is 7.05 Å². The molecule has 158 valence electrons. The summed E-state index contributed by atoms with van der Waals surface area (Å²) in [5.41, 5.74) is 8.46. The molecule has 31 heavy (non-hydrogen) atoms. The Bertz CT molecular complexity index is 1360. The van der Waals surface area contributed by atoms with Crippen molar-refractivity contribution < 1.29 is 9.32 Å². The lowest BCUT2D eigenvalue weighted by Gasteiger charge is -2.13. The zero-order valence-electron chi connectivity index (χ0n) is 16.8. The van der Waals surface area contributed by atoms with Crippen molar-refractivity contribution in [1.82, 2.24) is 19.6 Å². The summed E-state index contributed by atoms with van der Waals surface area (Å²) in [5, 5.41) is 8.14. The van der Waals surface area contributed by atoms with E-state index in [0.717, 1.165) is 35.0 Å². The Kier molecular flexibility index (Phi) is 4.49. The Hall–Kier alpha value is -3.36. The lowest BCUT2D eigenvalue weighted by Crippen LogP contribution is -2.42. The molecular weight excluding hydrogens is 418 g/mol. The van der Waals surface area contributed by atoms with E-state index in [2.05, 4.69) is 10.5 Å². The van der Waals surface area contributed by atoms with Crippen molar-refractivity contribution in [2.24, 2.45) is 12.8 Å². The van der Waals surface area contributed by atoms with Crippen molar-refractivity contribution in [1.29, 1.82) is 0 Å². The Morgan fingerprint density at radius 3 is 2.58 bits per heavy atom. The van der Waals surface area contributed by atoms with Gasteiger partial charge in [-0.25, -0.2) is 4.79 Å². The largest absolute Gasteiger partial charge is 0.441 e. The predicted molar refractivity (Wildman–Crippen MR) is 117 cm³/mol. The first-order chi connectivity index (χ1) is 14.9. The Morgan fingerprint density at radius 1 is 1.23 bits per heavy atom. The maximum atomic E-state index is 12.1. The molecule has 1 amide bonds. The van der Waals surface area contributed by atoms with Crippen LogP contribution in [0.25, 0.3) is 28.1 Å². The molecule has 4 aromatic rings. The van der Waals surface area contributed by atoms with E-state index in [1.165, 1.54) is 4.57 Å². The molecule has 0 radical (unpaired) electrons. The van der Waals surface area contributed by atoms with Crippen molar-refractivity contribution in [3.8, 4) is 17.2 Å². The molecule has 0 aliphatic heterocycles. The zero-order valence-corrected chi connectivity index (χ0v) is 17.5. The number of nitrogens with two attached hydrogens (primary N) is 1. The number of hydrogen-bond donors (Lipinski definition) is 2. The highest BCUT2D eigenvalue weighted by Gasteiger charge is 2.45. The van der Waals surface area contributed by atoms with E-state index in [0.29, 0.717) is 23.1 Å². The van der Waals surface area contributed by atoms with Crippen LogP contribution in [0.1, 0.15) is 18.4 Å². The molecule has 0 saturated heterocycles. The second kappa shape index (κ2) is 7.11. The van der Waals surface area contributed by atoms with Crippen molar-refractivity contribution in [2.75, 3.05) is 0 Å². The third-order valence-corrected chi connectivity index (χ3v) is 6.10. The van der Waals surface area contributed by atoms with Gasteiger partial charge in [-0.15, -0.1) is 0 Å². The molecule has 8 nitrogen and oxygen atoms in total. The zero-order chi connectivity index (χ0) is 21.8. The quantitative estimate of drug-likeness (QED) is 0.499. The van der Waals surface area contributed by atoms with Crippen LogP contribution >= 0.6 is 11.6 Å². The molecular formula is C22H20ClN5O3. The minimum Gasteiger partial charge on any atom is -0.350 e. The molecule has 0 unspecified atom stereocenters. The molecule has 1 aliphatic rings. The number of aromatic nitrogens is 3. The van der Waals surface area contributed by atoms with Gasteiger partial charge in [-0.1, -0.05) is 47.1 Å². The molecule has 3 N–H and O–H groups in total. The van der Waals surface area contributed by atoms with Gasteiger partial charge in [0.15, 0.2) is 0 Å². The van der Waals surface area contributed by atoms with Crippen molar-refractivity contribution in [2.45, 2.75) is 24.9 Å². The monoisotopic (exact) mass is 437 g/mol. The summed E-state index contributed by atoms with van der Waals surface area (Å²) in [6.07, 6.45) is 1.46. The first-order valence-corrected chi connectivity index (χ1v) is 10.3. The fourth-order valence-corrected chi connectivity index (χ4v) is 3.97. The summed E-state index contributed by atoms with van der Waals surface area (Å²) in [7, 11) is 1.59. The fourth-order valence-electron chi connectivity index (χ4n) is 3.64. The third-order valence-electron chi connectivity index (χ3n) is 5.72. The summed E-state index contributed by atoms with van der Waals surface area (Å²) < 4.78 is 8.09. The normalized spacial score (nSPS) is 14.7. The second-order valence-electron chi connectivity index (χ2n) is 7.85. The maximum Gasteiger partial charge on any atom is 0.441 e. The number of rotatable bonds is 5. The predicted octanol–water partition coefficient (Wildman–Crippen LogP) is 2.75. The maximum absolute atomic E-state index is 12.1. The highest BCUT2D eigenvalue weighted by atomic mass is 35.5. The number of nitrogens with zero attached hydrogens (tertiary/aromatic N) is 3. The molecule has 0 spiro atoms. The minimum atomic E-state index is -0.691. The number of para-hydroxylation sites is 1. The number of nitrogens with one attached hydrogen (secondary N) is 1. The minimum absolute atomic E-state index is 0.117. The van der Waals surface area contributed by atoms with E-state index in [4.69, 9.17) is 21.9 Å². The van der Waals surface area contributed by atoms with Gasteiger partial charge in [0.2, 0.25) is 11.7 Å². The summed E-state index contributed by atoms with van der Waals surface area (Å²) in [5.74, 6) is -0.350. The van der Waals surface area contributed by atoms with Crippen LogP contribution in [0.4, 0.5) is 0 Å². The summed E-state index contributed by atoms with van der Waals surface area (Å²) >= 11 is 6.72. The van der Waals surface area contributed by atoms with Crippen LogP contribution in [0.3, 0.4) is 0 Å². The topological polar surface area (TPSA) is 108 Å². The van der Waals surface area contributed by atoms with Gasteiger partial charge in [0.1, 0.15) is 5.69 Å². The van der Waals surface area contributed by atoms with E-state index in [-0.39, 0.29) is 5.91 Å². The molecule has 0 atom stereocenters. The highest BCUT2D eigenvalue weighted by molar-refractivity contribution is 6.38. The smallest absolute Gasteiger partial charge is 0.350 e. The van der Waals surface area contributed by atoms with Crippen molar-refractivity contribution >= 4 is 28.4 Å². The van der Waals surface area contributed by atoms with Gasteiger partial charge in [0, 0.05) is 24.7 Å². The van der Waals surface area contributed by atoms with Gasteiger partial charge < -0.3 is 15.6 Å². The van der Waals surface area contributed by atoms with E-state index in [1.807, 2.05) is 53.1 Å². The lowest BCUT2D eigenvalue weighted by molar-refractivity contribution is -0.123. The van der Waals surface area contributed by atoms with Gasteiger partial charge >= 0.3 is 5.76 Å². The standard InChI is InChI=1S/C22H20ClN5O3/c1-27-19(26-31-21(27)30)18-17(23)15-4-2-3-5-16(15)28(18)14-8-6-13(7-9-14)12-25-20(29)22(24)10-11-22/h2-9H,10-12,24H2,1H3,(H,25,29). The number of hydrogen-bond acceptors (Lipinski definition) is 5. The van der Waals surface area contributed by atoms with Crippen LogP contribution in [-0.2, 0) is 18.4 Å². The highest BCUT2D eigenvalue weighted by Crippen LogP contribution is 2.38. The number of carbonyl (C=O) groups is 1. The molecule has 1 saturated carbocycles. The lowest BCUT2D eigenvalue weighted by atomic mass is 10.2. The molecule has 2 aromatic heterocycles. The number of carbonyl (C=O) groups excluding carboxylic acids is 1. The molecule has 5 rings (SSSR count). The summed E-state index contributed by atoms with van der Waals surface area (Å²) in [6, 6.07) is 15.4. The van der Waals surface area contributed by atoms with Crippen LogP contribution in [0.5, 0.6) is 0 Å². The van der Waals surface area contributed by atoms with Crippen LogP contribution in [0.15, 0.2) is 57.8 Å². The number of fused-ring (bicyclic) bond motifs is 1. The first-order valence-electron chi connectivity index (χ1n) is 9.87. The third kappa shape index (κ3) is 3.24. The Balaban J connectivity index is 1.55. The van der Waals surface area contributed by atoms with Crippen LogP contribution in [0, 0.1) is 0 Å². The van der Waals surface area contributed by atoms with Gasteiger partial charge in [-0.05, 0) is 36.6 Å². The Morgan fingerprint density at radius 2 is 1.94 bits per heavy atom. The first kappa shape index (κ1) is 19.6. The van der Waals surface area contributed by atoms with E-state index < -0.39 is 11.3 Å².